The first kappa shape index (κ1) is 23.2. The van der Waals surface area contributed by atoms with Gasteiger partial charge < -0.3 is 10.1 Å². The second-order valence-corrected chi connectivity index (χ2v) is 8.58. The average Bonchev–Trinajstić information content (AvgIpc) is 2.90. The van der Waals surface area contributed by atoms with Crippen molar-refractivity contribution in [3.8, 4) is 5.75 Å². The maximum atomic E-state index is 12.9. The Labute approximate surface area is 180 Å². The number of Topliss-reactive ketones (excluding diaryl/α,β-unsaturated/α-hetero) is 1. The standard InChI is InChI=1S/C19H16F3N3O6S/c1-18(12-5-7-14(8-6-12)32(23,29)30)16(27)25(17(28)24-18)10-15(26)11-3-2-4-13(9-11)31-19(20,21)22/h2-9H,10H2,1H3,(H,24,28)(H2,23,29,30). The number of ether oxygens (including phenoxy) is 1. The zero-order valence-corrected chi connectivity index (χ0v) is 17.2. The van der Waals surface area contributed by atoms with Crippen LogP contribution in [-0.2, 0) is 20.4 Å². The largest absolute Gasteiger partial charge is 0.573 e. The third kappa shape index (κ3) is 4.73. The van der Waals surface area contributed by atoms with E-state index in [-0.39, 0.29) is 16.0 Å². The monoisotopic (exact) mass is 471 g/mol. The minimum atomic E-state index is -4.95. The number of sulfonamides is 1. The SMILES string of the molecule is CC1(c2ccc(S(N)(=O)=O)cc2)NC(=O)N(CC(=O)c2cccc(OC(F)(F)F)c2)C1=O. The number of carbonyl (C=O) groups excluding carboxylic acids is 3. The van der Waals surface area contributed by atoms with Crippen LogP contribution < -0.4 is 15.2 Å². The Morgan fingerprint density at radius 3 is 2.34 bits per heavy atom. The van der Waals surface area contributed by atoms with E-state index in [9.17, 15) is 36.0 Å². The average molecular weight is 471 g/mol. The zero-order chi connectivity index (χ0) is 23.9. The third-order valence-corrected chi connectivity index (χ3v) is 5.66. The molecular formula is C19H16F3N3O6S. The van der Waals surface area contributed by atoms with Crippen molar-refractivity contribution in [2.24, 2.45) is 5.14 Å². The molecule has 1 aliphatic rings. The molecule has 0 radical (unpaired) electrons. The molecule has 1 unspecified atom stereocenters. The van der Waals surface area contributed by atoms with E-state index in [1.54, 1.807) is 0 Å². The highest BCUT2D eigenvalue weighted by Gasteiger charge is 2.49. The van der Waals surface area contributed by atoms with Crippen molar-refractivity contribution in [2.75, 3.05) is 6.54 Å². The maximum Gasteiger partial charge on any atom is 0.573 e. The highest BCUT2D eigenvalue weighted by molar-refractivity contribution is 7.89. The summed E-state index contributed by atoms with van der Waals surface area (Å²) in [6.07, 6.45) is -4.95. The quantitative estimate of drug-likeness (QED) is 0.488. The smallest absolute Gasteiger partial charge is 0.406 e. The summed E-state index contributed by atoms with van der Waals surface area (Å²) in [6, 6.07) is 8.24. The first-order chi connectivity index (χ1) is 14.7. The fraction of sp³-hybridized carbons (Fsp3) is 0.211. The van der Waals surface area contributed by atoms with Gasteiger partial charge in [0, 0.05) is 5.56 Å². The number of halogens is 3. The first-order valence-corrected chi connectivity index (χ1v) is 10.4. The van der Waals surface area contributed by atoms with E-state index in [2.05, 4.69) is 10.1 Å². The van der Waals surface area contributed by atoms with E-state index in [4.69, 9.17) is 5.14 Å². The van der Waals surface area contributed by atoms with Gasteiger partial charge in [-0.25, -0.2) is 18.4 Å². The van der Waals surface area contributed by atoms with Crippen molar-refractivity contribution < 1.29 is 40.7 Å². The van der Waals surface area contributed by atoms with Gasteiger partial charge >= 0.3 is 12.4 Å². The maximum absolute atomic E-state index is 12.9. The number of amides is 3. The van der Waals surface area contributed by atoms with Gasteiger partial charge in [-0.2, -0.15) is 0 Å². The molecule has 3 amide bonds. The summed E-state index contributed by atoms with van der Waals surface area (Å²) in [6.45, 7) is 0.631. The summed E-state index contributed by atoms with van der Waals surface area (Å²) in [5, 5.41) is 7.47. The molecule has 0 aromatic heterocycles. The molecule has 1 atom stereocenters. The summed E-state index contributed by atoms with van der Waals surface area (Å²) in [5.41, 5.74) is -1.56. The molecule has 1 heterocycles. The molecule has 2 aromatic carbocycles. The number of nitrogens with one attached hydrogen (secondary N) is 1. The van der Waals surface area contributed by atoms with E-state index in [0.717, 1.165) is 30.3 Å². The Bertz CT molecular complexity index is 1200. The number of rotatable bonds is 6. The lowest BCUT2D eigenvalue weighted by Gasteiger charge is -2.22. The van der Waals surface area contributed by atoms with Crippen LogP contribution in [0.5, 0.6) is 5.75 Å². The highest BCUT2D eigenvalue weighted by atomic mass is 32.2. The number of nitrogens with two attached hydrogens (primary N) is 1. The highest BCUT2D eigenvalue weighted by Crippen LogP contribution is 2.30. The third-order valence-electron chi connectivity index (χ3n) is 4.73. The molecule has 1 saturated heterocycles. The van der Waals surface area contributed by atoms with E-state index >= 15 is 0 Å². The van der Waals surface area contributed by atoms with Crippen molar-refractivity contribution >= 4 is 27.7 Å². The molecule has 0 spiro atoms. The first-order valence-electron chi connectivity index (χ1n) is 8.87. The van der Waals surface area contributed by atoms with E-state index in [1.165, 1.54) is 25.1 Å². The predicted octanol–water partition coefficient (Wildman–Crippen LogP) is 1.88. The number of hydrogen-bond donors (Lipinski definition) is 2. The number of alkyl halides is 3. The topological polar surface area (TPSA) is 136 Å². The van der Waals surface area contributed by atoms with Crippen molar-refractivity contribution in [3.63, 3.8) is 0 Å². The van der Waals surface area contributed by atoms with Crippen molar-refractivity contribution in [1.82, 2.24) is 10.2 Å². The molecule has 1 aliphatic heterocycles. The number of ketones is 1. The van der Waals surface area contributed by atoms with Gasteiger partial charge in [0.05, 0.1) is 11.4 Å². The van der Waals surface area contributed by atoms with Gasteiger partial charge in [0.1, 0.15) is 11.3 Å². The second kappa shape index (κ2) is 7.91. The van der Waals surface area contributed by atoms with Crippen LogP contribution in [0, 0.1) is 0 Å². The Morgan fingerprint density at radius 1 is 1.16 bits per heavy atom. The summed E-state index contributed by atoms with van der Waals surface area (Å²) < 4.78 is 63.7. The summed E-state index contributed by atoms with van der Waals surface area (Å²) in [7, 11) is -3.97. The van der Waals surface area contributed by atoms with Crippen molar-refractivity contribution in [2.45, 2.75) is 23.7 Å². The summed E-state index contributed by atoms with van der Waals surface area (Å²) in [4.78, 5) is 38.2. The van der Waals surface area contributed by atoms with Crippen LogP contribution in [0.2, 0.25) is 0 Å². The lowest BCUT2D eigenvalue weighted by molar-refractivity contribution is -0.274. The number of nitrogens with zero attached hydrogens (tertiary/aromatic N) is 1. The Morgan fingerprint density at radius 2 is 1.78 bits per heavy atom. The van der Waals surface area contributed by atoms with Gasteiger partial charge in [-0.15, -0.1) is 13.2 Å². The Hall–Kier alpha value is -3.45. The molecule has 1 fully saturated rings. The van der Waals surface area contributed by atoms with Gasteiger partial charge in [0.25, 0.3) is 5.91 Å². The molecule has 9 nitrogen and oxygen atoms in total. The van der Waals surface area contributed by atoms with Gasteiger partial charge in [0.15, 0.2) is 5.78 Å². The number of carbonyl (C=O) groups is 3. The van der Waals surface area contributed by atoms with Crippen LogP contribution in [0.4, 0.5) is 18.0 Å². The number of imide groups is 1. The summed E-state index contributed by atoms with van der Waals surface area (Å²) in [5.74, 6) is -2.22. The molecule has 170 valence electrons. The summed E-state index contributed by atoms with van der Waals surface area (Å²) >= 11 is 0. The molecule has 2 aromatic rings. The Balaban J connectivity index is 1.80. The van der Waals surface area contributed by atoms with Gasteiger partial charge in [-0.1, -0.05) is 24.3 Å². The second-order valence-electron chi connectivity index (χ2n) is 7.01. The fourth-order valence-corrected chi connectivity index (χ4v) is 3.63. The lowest BCUT2D eigenvalue weighted by Crippen LogP contribution is -2.41. The molecule has 13 heteroatoms. The Kier molecular flexibility index (Phi) is 5.74. The van der Waals surface area contributed by atoms with Crippen LogP contribution in [0.25, 0.3) is 0 Å². The number of benzene rings is 2. The van der Waals surface area contributed by atoms with Crippen LogP contribution in [0.1, 0.15) is 22.8 Å². The molecular weight excluding hydrogens is 455 g/mol. The van der Waals surface area contributed by atoms with E-state index < -0.39 is 51.9 Å². The van der Waals surface area contributed by atoms with Crippen LogP contribution in [0.15, 0.2) is 53.4 Å². The molecule has 3 N–H and O–H groups in total. The van der Waals surface area contributed by atoms with Gasteiger partial charge in [0.2, 0.25) is 10.0 Å². The van der Waals surface area contributed by atoms with Crippen LogP contribution in [-0.4, -0.2) is 43.9 Å². The number of hydrogen-bond acceptors (Lipinski definition) is 6. The van der Waals surface area contributed by atoms with Crippen LogP contribution in [0.3, 0.4) is 0 Å². The van der Waals surface area contributed by atoms with E-state index in [1.807, 2.05) is 0 Å². The van der Waals surface area contributed by atoms with Crippen LogP contribution >= 0.6 is 0 Å². The number of primary sulfonamides is 1. The van der Waals surface area contributed by atoms with Gasteiger partial charge in [-0.05, 0) is 36.8 Å². The van der Waals surface area contributed by atoms with Gasteiger partial charge in [-0.3, -0.25) is 14.5 Å². The molecule has 32 heavy (non-hydrogen) atoms. The molecule has 3 rings (SSSR count). The molecule has 0 bridgehead atoms. The minimum Gasteiger partial charge on any atom is -0.406 e. The predicted molar refractivity (Wildman–Crippen MR) is 103 cm³/mol. The minimum absolute atomic E-state index is 0.196. The normalized spacial score (nSPS) is 19.1. The van der Waals surface area contributed by atoms with Crippen molar-refractivity contribution in [1.29, 1.82) is 0 Å². The molecule has 0 aliphatic carbocycles. The van der Waals surface area contributed by atoms with Crippen molar-refractivity contribution in [3.05, 3.63) is 59.7 Å². The number of urea groups is 1. The van der Waals surface area contributed by atoms with E-state index in [0.29, 0.717) is 4.90 Å². The lowest BCUT2D eigenvalue weighted by atomic mass is 9.92. The molecule has 0 saturated carbocycles. The fourth-order valence-electron chi connectivity index (χ4n) is 3.12. The zero-order valence-electron chi connectivity index (χ0n) is 16.3.